The second kappa shape index (κ2) is 6.40. The Morgan fingerprint density at radius 3 is 2.25 bits per heavy atom. The number of carboxylic acids is 1. The Morgan fingerprint density at radius 1 is 1.25 bits per heavy atom. The molecule has 1 atom stereocenters. The second-order valence-electron chi connectivity index (χ2n) is 6.16. The van der Waals surface area contributed by atoms with Crippen LogP contribution in [0.2, 0.25) is 0 Å². The zero-order chi connectivity index (χ0) is 14.6. The van der Waals surface area contributed by atoms with Crippen LogP contribution in [0.5, 0.6) is 0 Å². The molecule has 1 aliphatic heterocycles. The number of aliphatic carboxylic acids is 1. The molecule has 2 rings (SSSR count). The highest BCUT2D eigenvalue weighted by molar-refractivity contribution is 5.74. The molecule has 0 saturated heterocycles. The van der Waals surface area contributed by atoms with Crippen LogP contribution in [-0.2, 0) is 17.6 Å². The van der Waals surface area contributed by atoms with E-state index in [0.717, 1.165) is 38.8 Å². The van der Waals surface area contributed by atoms with E-state index in [0.29, 0.717) is 6.54 Å². The number of carbonyl (C=O) groups is 1. The average molecular weight is 275 g/mol. The fourth-order valence-electron chi connectivity index (χ4n) is 3.17. The standard InChI is InChI=1S/C17H25NO2/c1-3-10-17(2,16(19)20)13-18-11-8-14-6-4-5-7-15(14)9-12-18/h4-7H,3,8-13H2,1-2H3,(H,19,20). The molecule has 1 N–H and O–H groups in total. The van der Waals surface area contributed by atoms with Gasteiger partial charge in [-0.25, -0.2) is 0 Å². The summed E-state index contributed by atoms with van der Waals surface area (Å²) in [4.78, 5) is 13.9. The van der Waals surface area contributed by atoms with E-state index in [1.807, 2.05) is 6.92 Å². The molecular weight excluding hydrogens is 250 g/mol. The van der Waals surface area contributed by atoms with Gasteiger partial charge in [0, 0.05) is 19.6 Å². The SMILES string of the molecule is CCCC(C)(CN1CCc2ccccc2CC1)C(=O)O. The molecule has 0 spiro atoms. The normalized spacial score (nSPS) is 18.9. The lowest BCUT2D eigenvalue weighted by Gasteiger charge is -2.31. The largest absolute Gasteiger partial charge is 0.481 e. The van der Waals surface area contributed by atoms with Crippen molar-refractivity contribution in [2.75, 3.05) is 19.6 Å². The summed E-state index contributed by atoms with van der Waals surface area (Å²) in [6.45, 7) is 6.52. The summed E-state index contributed by atoms with van der Waals surface area (Å²) in [7, 11) is 0. The highest BCUT2D eigenvalue weighted by atomic mass is 16.4. The first-order valence-corrected chi connectivity index (χ1v) is 7.58. The van der Waals surface area contributed by atoms with Gasteiger partial charge in [0.25, 0.3) is 0 Å². The van der Waals surface area contributed by atoms with Crippen molar-refractivity contribution in [3.63, 3.8) is 0 Å². The Balaban J connectivity index is 2.03. The van der Waals surface area contributed by atoms with Gasteiger partial charge in [0.05, 0.1) is 5.41 Å². The monoisotopic (exact) mass is 275 g/mol. The first kappa shape index (κ1) is 15.0. The molecule has 0 aliphatic carbocycles. The minimum Gasteiger partial charge on any atom is -0.481 e. The molecule has 0 fully saturated rings. The van der Waals surface area contributed by atoms with Gasteiger partial charge in [-0.05, 0) is 37.3 Å². The van der Waals surface area contributed by atoms with E-state index < -0.39 is 11.4 Å². The molecule has 1 heterocycles. The van der Waals surface area contributed by atoms with Crippen molar-refractivity contribution in [1.29, 1.82) is 0 Å². The summed E-state index contributed by atoms with van der Waals surface area (Å²) < 4.78 is 0. The van der Waals surface area contributed by atoms with Crippen molar-refractivity contribution in [3.8, 4) is 0 Å². The summed E-state index contributed by atoms with van der Waals surface area (Å²) in [6.07, 6.45) is 3.71. The summed E-state index contributed by atoms with van der Waals surface area (Å²) in [5.74, 6) is -0.666. The lowest BCUT2D eigenvalue weighted by Crippen LogP contribution is -2.42. The Hall–Kier alpha value is -1.35. The van der Waals surface area contributed by atoms with Gasteiger partial charge in [-0.2, -0.15) is 0 Å². The van der Waals surface area contributed by atoms with E-state index in [-0.39, 0.29) is 0 Å². The number of nitrogens with zero attached hydrogens (tertiary/aromatic N) is 1. The fourth-order valence-corrected chi connectivity index (χ4v) is 3.17. The maximum absolute atomic E-state index is 11.6. The van der Waals surface area contributed by atoms with Crippen LogP contribution in [0.15, 0.2) is 24.3 Å². The molecule has 0 bridgehead atoms. The predicted octanol–water partition coefficient (Wildman–Crippen LogP) is 2.98. The molecule has 110 valence electrons. The molecule has 1 aliphatic rings. The summed E-state index contributed by atoms with van der Waals surface area (Å²) in [5.41, 5.74) is 2.22. The zero-order valence-electron chi connectivity index (χ0n) is 12.6. The van der Waals surface area contributed by atoms with Crippen molar-refractivity contribution in [3.05, 3.63) is 35.4 Å². The van der Waals surface area contributed by atoms with Crippen LogP contribution >= 0.6 is 0 Å². The molecule has 3 nitrogen and oxygen atoms in total. The second-order valence-corrected chi connectivity index (χ2v) is 6.16. The van der Waals surface area contributed by atoms with Gasteiger partial charge in [-0.15, -0.1) is 0 Å². The Kier molecular flexibility index (Phi) is 4.81. The van der Waals surface area contributed by atoms with Crippen molar-refractivity contribution >= 4 is 5.97 Å². The predicted molar refractivity (Wildman–Crippen MR) is 80.9 cm³/mol. The smallest absolute Gasteiger partial charge is 0.310 e. The zero-order valence-corrected chi connectivity index (χ0v) is 12.6. The van der Waals surface area contributed by atoms with Crippen LogP contribution in [-0.4, -0.2) is 35.6 Å². The lowest BCUT2D eigenvalue weighted by molar-refractivity contribution is -0.149. The van der Waals surface area contributed by atoms with Crippen molar-refractivity contribution in [2.24, 2.45) is 5.41 Å². The highest BCUT2D eigenvalue weighted by Gasteiger charge is 2.34. The maximum Gasteiger partial charge on any atom is 0.310 e. The number of benzene rings is 1. The fraction of sp³-hybridized carbons (Fsp3) is 0.588. The quantitative estimate of drug-likeness (QED) is 0.898. The van der Waals surface area contributed by atoms with Crippen LogP contribution in [0.25, 0.3) is 0 Å². The molecule has 20 heavy (non-hydrogen) atoms. The van der Waals surface area contributed by atoms with Gasteiger partial charge < -0.3 is 10.0 Å². The number of hydrogen-bond donors (Lipinski definition) is 1. The molecule has 1 aromatic carbocycles. The third-order valence-corrected chi connectivity index (χ3v) is 4.40. The lowest BCUT2D eigenvalue weighted by atomic mass is 9.85. The van der Waals surface area contributed by atoms with E-state index in [4.69, 9.17) is 0 Å². The van der Waals surface area contributed by atoms with E-state index in [9.17, 15) is 9.90 Å². The highest BCUT2D eigenvalue weighted by Crippen LogP contribution is 2.26. The minimum atomic E-state index is -0.666. The first-order valence-electron chi connectivity index (χ1n) is 7.58. The molecule has 0 amide bonds. The van der Waals surface area contributed by atoms with Crippen molar-refractivity contribution in [2.45, 2.75) is 39.5 Å². The van der Waals surface area contributed by atoms with Gasteiger partial charge in [-0.3, -0.25) is 4.79 Å². The van der Waals surface area contributed by atoms with Gasteiger partial charge in [0.1, 0.15) is 0 Å². The van der Waals surface area contributed by atoms with Gasteiger partial charge in [0.2, 0.25) is 0 Å². The number of carboxylic acid groups (broad SMARTS) is 1. The number of fused-ring (bicyclic) bond motifs is 1. The number of rotatable bonds is 5. The van der Waals surface area contributed by atoms with Crippen molar-refractivity contribution in [1.82, 2.24) is 4.90 Å². The molecule has 3 heteroatoms. The molecular formula is C17H25NO2. The molecule has 1 aromatic rings. The Morgan fingerprint density at radius 2 is 1.80 bits per heavy atom. The van der Waals surface area contributed by atoms with Crippen molar-refractivity contribution < 1.29 is 9.90 Å². The van der Waals surface area contributed by atoms with Gasteiger partial charge in [-0.1, -0.05) is 37.6 Å². The Labute approximate surface area is 121 Å². The summed E-state index contributed by atoms with van der Waals surface area (Å²) in [6, 6.07) is 8.57. The van der Waals surface area contributed by atoms with E-state index in [1.165, 1.54) is 11.1 Å². The van der Waals surface area contributed by atoms with Crippen LogP contribution in [0, 0.1) is 5.41 Å². The third kappa shape index (κ3) is 3.40. The van der Waals surface area contributed by atoms with Gasteiger partial charge in [0.15, 0.2) is 0 Å². The van der Waals surface area contributed by atoms with E-state index >= 15 is 0 Å². The number of hydrogen-bond acceptors (Lipinski definition) is 2. The minimum absolute atomic E-state index is 0.620. The van der Waals surface area contributed by atoms with Crippen LogP contribution < -0.4 is 0 Å². The third-order valence-electron chi connectivity index (χ3n) is 4.40. The summed E-state index contributed by atoms with van der Waals surface area (Å²) in [5, 5.41) is 9.51. The maximum atomic E-state index is 11.6. The van der Waals surface area contributed by atoms with E-state index in [1.54, 1.807) is 0 Å². The van der Waals surface area contributed by atoms with Crippen LogP contribution in [0.3, 0.4) is 0 Å². The molecule has 1 unspecified atom stereocenters. The van der Waals surface area contributed by atoms with Crippen LogP contribution in [0.1, 0.15) is 37.8 Å². The van der Waals surface area contributed by atoms with Gasteiger partial charge >= 0.3 is 5.97 Å². The van der Waals surface area contributed by atoms with Crippen LogP contribution in [0.4, 0.5) is 0 Å². The average Bonchev–Trinajstić information content (AvgIpc) is 2.62. The first-order chi connectivity index (χ1) is 9.55. The molecule has 0 aromatic heterocycles. The Bertz CT molecular complexity index is 445. The molecule has 0 radical (unpaired) electrons. The summed E-state index contributed by atoms with van der Waals surface area (Å²) >= 11 is 0. The topological polar surface area (TPSA) is 40.5 Å². The van der Waals surface area contributed by atoms with E-state index in [2.05, 4.69) is 36.1 Å². The molecule has 0 saturated carbocycles.